The number of esters is 1. The summed E-state index contributed by atoms with van der Waals surface area (Å²) in [4.78, 5) is 30.4. The lowest BCUT2D eigenvalue weighted by Gasteiger charge is -2.30. The predicted molar refractivity (Wildman–Crippen MR) is 98.8 cm³/mol. The van der Waals surface area contributed by atoms with E-state index in [-0.39, 0.29) is 23.5 Å². The molecule has 1 aliphatic heterocycles. The van der Waals surface area contributed by atoms with Gasteiger partial charge < -0.3 is 19.8 Å². The quantitative estimate of drug-likeness (QED) is 0.783. The maximum atomic E-state index is 12.6. The van der Waals surface area contributed by atoms with Crippen LogP contribution in [0.15, 0.2) is 41.0 Å². The lowest BCUT2D eigenvalue weighted by atomic mass is 9.97. The molecule has 1 aromatic carbocycles. The van der Waals surface area contributed by atoms with E-state index >= 15 is 0 Å². The molecule has 1 saturated heterocycles. The number of rotatable bonds is 6. The van der Waals surface area contributed by atoms with Crippen molar-refractivity contribution in [3.05, 3.63) is 53.7 Å². The van der Waals surface area contributed by atoms with Crippen LogP contribution >= 0.6 is 0 Å². The molecule has 27 heavy (non-hydrogen) atoms. The summed E-state index contributed by atoms with van der Waals surface area (Å²) in [6.07, 6.45) is 3.14. The fourth-order valence-corrected chi connectivity index (χ4v) is 3.25. The Morgan fingerprint density at radius 1 is 1.30 bits per heavy atom. The van der Waals surface area contributed by atoms with Crippen LogP contribution in [0.3, 0.4) is 0 Å². The number of carbonyl (C=O) groups is 2. The van der Waals surface area contributed by atoms with Crippen molar-refractivity contribution in [1.29, 1.82) is 0 Å². The van der Waals surface area contributed by atoms with Gasteiger partial charge in [-0.2, -0.15) is 0 Å². The van der Waals surface area contributed by atoms with Crippen molar-refractivity contribution < 1.29 is 18.7 Å². The van der Waals surface area contributed by atoms with Crippen molar-refractivity contribution in [2.24, 2.45) is 11.7 Å². The van der Waals surface area contributed by atoms with Crippen LogP contribution < -0.4 is 5.73 Å². The largest absolute Gasteiger partial charge is 0.466 e. The molecule has 1 fully saturated rings. The lowest BCUT2D eigenvalue weighted by Crippen LogP contribution is -2.40. The van der Waals surface area contributed by atoms with E-state index in [0.29, 0.717) is 44.8 Å². The topological polar surface area (TPSA) is 98.7 Å². The van der Waals surface area contributed by atoms with Gasteiger partial charge in [-0.3, -0.25) is 9.59 Å². The summed E-state index contributed by atoms with van der Waals surface area (Å²) in [7, 11) is 0. The van der Waals surface area contributed by atoms with E-state index in [1.807, 2.05) is 30.3 Å². The van der Waals surface area contributed by atoms with Gasteiger partial charge >= 0.3 is 5.97 Å². The second kappa shape index (κ2) is 8.81. The molecule has 0 spiro atoms. The number of aromatic nitrogens is 1. The molecule has 1 aromatic heterocycles. The SMILES string of the molecule is CCOC(=O)C1CCN(C(=O)c2coc(C(N)Cc3ccccc3)n2)CC1. The van der Waals surface area contributed by atoms with Crippen molar-refractivity contribution in [3.8, 4) is 0 Å². The van der Waals surface area contributed by atoms with Gasteiger partial charge in [0.1, 0.15) is 6.26 Å². The summed E-state index contributed by atoms with van der Waals surface area (Å²) in [6, 6.07) is 9.41. The smallest absolute Gasteiger partial charge is 0.309 e. The lowest BCUT2D eigenvalue weighted by molar-refractivity contribution is -0.149. The van der Waals surface area contributed by atoms with Gasteiger partial charge in [0.2, 0.25) is 5.89 Å². The number of nitrogens with two attached hydrogens (primary N) is 1. The number of hydrogen-bond donors (Lipinski definition) is 1. The van der Waals surface area contributed by atoms with Gasteiger partial charge in [-0.1, -0.05) is 30.3 Å². The highest BCUT2D eigenvalue weighted by molar-refractivity contribution is 5.92. The molecule has 144 valence electrons. The van der Waals surface area contributed by atoms with Crippen molar-refractivity contribution in [1.82, 2.24) is 9.88 Å². The Labute approximate surface area is 158 Å². The number of benzene rings is 1. The minimum atomic E-state index is -0.413. The zero-order valence-corrected chi connectivity index (χ0v) is 15.5. The maximum Gasteiger partial charge on any atom is 0.309 e. The Kier molecular flexibility index (Phi) is 6.24. The van der Waals surface area contributed by atoms with Crippen LogP contribution in [0.4, 0.5) is 0 Å². The standard InChI is InChI=1S/C20H25N3O4/c1-2-26-20(25)15-8-10-23(11-9-15)19(24)17-13-27-18(22-17)16(21)12-14-6-4-3-5-7-14/h3-7,13,15-16H,2,8-12,21H2,1H3. The van der Waals surface area contributed by atoms with E-state index < -0.39 is 6.04 Å². The number of likely N-dealkylation sites (tertiary alicyclic amines) is 1. The van der Waals surface area contributed by atoms with Gasteiger partial charge in [0.05, 0.1) is 18.6 Å². The molecule has 7 heteroatoms. The van der Waals surface area contributed by atoms with Gasteiger partial charge in [0, 0.05) is 13.1 Å². The Bertz CT molecular complexity index is 767. The summed E-state index contributed by atoms with van der Waals surface area (Å²) in [6.45, 7) is 3.17. The van der Waals surface area contributed by atoms with Gasteiger partial charge in [-0.25, -0.2) is 4.98 Å². The third kappa shape index (κ3) is 4.74. The molecule has 2 aromatic rings. The second-order valence-electron chi connectivity index (χ2n) is 6.69. The van der Waals surface area contributed by atoms with Crippen LogP contribution in [-0.4, -0.2) is 41.5 Å². The number of piperidine rings is 1. The van der Waals surface area contributed by atoms with E-state index in [2.05, 4.69) is 4.98 Å². The zero-order chi connectivity index (χ0) is 19.2. The predicted octanol–water partition coefficient (Wildman–Crippen LogP) is 2.33. The highest BCUT2D eigenvalue weighted by Gasteiger charge is 2.30. The monoisotopic (exact) mass is 371 g/mol. The first-order valence-electron chi connectivity index (χ1n) is 9.29. The first kappa shape index (κ1) is 19.1. The molecular weight excluding hydrogens is 346 g/mol. The number of hydrogen-bond acceptors (Lipinski definition) is 6. The number of amides is 1. The number of ether oxygens (including phenoxy) is 1. The minimum absolute atomic E-state index is 0.138. The Hall–Kier alpha value is -2.67. The van der Waals surface area contributed by atoms with Crippen molar-refractivity contribution in [2.45, 2.75) is 32.2 Å². The van der Waals surface area contributed by atoms with Gasteiger partial charge in [0.25, 0.3) is 5.91 Å². The average Bonchev–Trinajstić information content (AvgIpc) is 3.19. The summed E-state index contributed by atoms with van der Waals surface area (Å²) in [5.41, 5.74) is 7.50. The highest BCUT2D eigenvalue weighted by atomic mass is 16.5. The normalized spacial score (nSPS) is 16.1. The van der Waals surface area contributed by atoms with Crippen molar-refractivity contribution >= 4 is 11.9 Å². The van der Waals surface area contributed by atoms with Crippen LogP contribution in [0.2, 0.25) is 0 Å². The van der Waals surface area contributed by atoms with Crippen LogP contribution in [0.5, 0.6) is 0 Å². The van der Waals surface area contributed by atoms with E-state index in [1.165, 1.54) is 6.26 Å². The maximum absolute atomic E-state index is 12.6. The molecule has 2 heterocycles. The van der Waals surface area contributed by atoms with Gasteiger partial charge in [-0.15, -0.1) is 0 Å². The third-order valence-corrected chi connectivity index (χ3v) is 4.76. The summed E-state index contributed by atoms with van der Waals surface area (Å²) < 4.78 is 10.5. The number of nitrogens with zero attached hydrogens (tertiary/aromatic N) is 2. The summed E-state index contributed by atoms with van der Waals surface area (Å²) >= 11 is 0. The number of carbonyl (C=O) groups excluding carboxylic acids is 2. The Morgan fingerprint density at radius 3 is 2.67 bits per heavy atom. The van der Waals surface area contributed by atoms with Gasteiger partial charge in [0.15, 0.2) is 5.69 Å². The molecule has 2 N–H and O–H groups in total. The Balaban J connectivity index is 1.56. The molecule has 7 nitrogen and oxygen atoms in total. The first-order chi connectivity index (χ1) is 13.1. The van der Waals surface area contributed by atoms with Crippen LogP contribution in [0, 0.1) is 5.92 Å². The molecule has 0 aliphatic carbocycles. The first-order valence-corrected chi connectivity index (χ1v) is 9.29. The molecule has 3 rings (SSSR count). The van der Waals surface area contributed by atoms with Crippen LogP contribution in [0.25, 0.3) is 0 Å². The van der Waals surface area contributed by atoms with Crippen LogP contribution in [-0.2, 0) is 16.0 Å². The summed E-state index contributed by atoms with van der Waals surface area (Å²) in [5.74, 6) is -0.163. The fraction of sp³-hybridized carbons (Fsp3) is 0.450. The third-order valence-electron chi connectivity index (χ3n) is 4.76. The molecule has 0 radical (unpaired) electrons. The van der Waals surface area contributed by atoms with E-state index in [0.717, 1.165) is 5.56 Å². The van der Waals surface area contributed by atoms with Crippen molar-refractivity contribution in [3.63, 3.8) is 0 Å². The van der Waals surface area contributed by atoms with E-state index in [9.17, 15) is 9.59 Å². The second-order valence-corrected chi connectivity index (χ2v) is 6.69. The molecule has 1 unspecified atom stereocenters. The molecule has 1 aliphatic rings. The Morgan fingerprint density at radius 2 is 2.00 bits per heavy atom. The summed E-state index contributed by atoms with van der Waals surface area (Å²) in [5, 5.41) is 0. The van der Waals surface area contributed by atoms with Crippen LogP contribution in [0.1, 0.15) is 47.7 Å². The van der Waals surface area contributed by atoms with E-state index in [1.54, 1.807) is 11.8 Å². The average molecular weight is 371 g/mol. The zero-order valence-electron chi connectivity index (χ0n) is 15.5. The highest BCUT2D eigenvalue weighted by Crippen LogP contribution is 2.21. The molecule has 0 bridgehead atoms. The molecule has 0 saturated carbocycles. The minimum Gasteiger partial charge on any atom is -0.466 e. The molecular formula is C20H25N3O4. The van der Waals surface area contributed by atoms with Gasteiger partial charge in [-0.05, 0) is 31.7 Å². The number of oxazole rings is 1. The molecule has 1 atom stereocenters. The molecule has 1 amide bonds. The fourth-order valence-electron chi connectivity index (χ4n) is 3.25. The van der Waals surface area contributed by atoms with Crippen molar-refractivity contribution in [2.75, 3.05) is 19.7 Å². The van der Waals surface area contributed by atoms with E-state index in [4.69, 9.17) is 14.9 Å².